The molecule has 2 saturated heterocycles. The minimum atomic E-state index is -0.606. The molecule has 2 fully saturated rings. The standard InChI is InChI=1S/C11H14ClNOS/c12-10-2-1-9(15-10)11(14)4-6-13-5-3-8(11)7-13/h1-2,8,14H,3-7H2. The molecule has 0 aromatic carbocycles. The van der Waals surface area contributed by atoms with Gasteiger partial charge in [-0.15, -0.1) is 11.3 Å². The highest BCUT2D eigenvalue weighted by atomic mass is 35.5. The number of nitrogens with zero attached hydrogens (tertiary/aromatic N) is 1. The minimum Gasteiger partial charge on any atom is -0.384 e. The second-order valence-corrected chi connectivity index (χ2v) is 6.28. The van der Waals surface area contributed by atoms with Gasteiger partial charge in [-0.25, -0.2) is 0 Å². The zero-order valence-electron chi connectivity index (χ0n) is 8.45. The van der Waals surface area contributed by atoms with Crippen molar-refractivity contribution < 1.29 is 5.11 Å². The van der Waals surface area contributed by atoms with E-state index in [4.69, 9.17) is 11.6 Å². The predicted octanol–water partition coefficient (Wildman–Crippen LogP) is 2.31. The number of fused-ring (bicyclic) bond motifs is 2. The molecule has 2 aliphatic heterocycles. The lowest BCUT2D eigenvalue weighted by Crippen LogP contribution is -2.43. The van der Waals surface area contributed by atoms with Crippen molar-refractivity contribution in [3.05, 3.63) is 21.3 Å². The van der Waals surface area contributed by atoms with E-state index in [9.17, 15) is 5.11 Å². The maximum atomic E-state index is 10.8. The Bertz CT molecular complexity index is 380. The van der Waals surface area contributed by atoms with Crippen LogP contribution in [0.25, 0.3) is 0 Å². The molecule has 2 nitrogen and oxygen atoms in total. The summed E-state index contributed by atoms with van der Waals surface area (Å²) < 4.78 is 0.777. The number of aliphatic hydroxyl groups is 1. The van der Waals surface area contributed by atoms with Crippen molar-refractivity contribution in [3.63, 3.8) is 0 Å². The van der Waals surface area contributed by atoms with Crippen LogP contribution in [0.5, 0.6) is 0 Å². The van der Waals surface area contributed by atoms with E-state index in [0.29, 0.717) is 5.92 Å². The van der Waals surface area contributed by atoms with Gasteiger partial charge in [0.2, 0.25) is 0 Å². The van der Waals surface area contributed by atoms with Crippen LogP contribution in [-0.2, 0) is 5.60 Å². The third-order valence-electron chi connectivity index (χ3n) is 3.76. The first-order chi connectivity index (χ1) is 7.18. The van der Waals surface area contributed by atoms with E-state index in [1.807, 2.05) is 12.1 Å². The lowest BCUT2D eigenvalue weighted by Gasteiger charge is -2.38. The number of hydrogen-bond donors (Lipinski definition) is 1. The predicted molar refractivity (Wildman–Crippen MR) is 62.4 cm³/mol. The van der Waals surface area contributed by atoms with Gasteiger partial charge in [-0.3, -0.25) is 0 Å². The Morgan fingerprint density at radius 1 is 1.47 bits per heavy atom. The molecule has 1 N–H and O–H groups in total. The second-order valence-electron chi connectivity index (χ2n) is 4.56. The van der Waals surface area contributed by atoms with Crippen molar-refractivity contribution in [2.75, 3.05) is 19.6 Å². The van der Waals surface area contributed by atoms with Gasteiger partial charge in [0.15, 0.2) is 0 Å². The number of halogens is 1. The van der Waals surface area contributed by atoms with Crippen molar-refractivity contribution in [1.29, 1.82) is 0 Å². The fourth-order valence-corrected chi connectivity index (χ4v) is 4.07. The van der Waals surface area contributed by atoms with Crippen LogP contribution in [0.1, 0.15) is 17.7 Å². The molecule has 82 valence electrons. The molecule has 15 heavy (non-hydrogen) atoms. The second kappa shape index (κ2) is 3.45. The van der Waals surface area contributed by atoms with E-state index in [-0.39, 0.29) is 0 Å². The third kappa shape index (κ3) is 1.53. The maximum absolute atomic E-state index is 10.8. The van der Waals surface area contributed by atoms with Crippen LogP contribution >= 0.6 is 22.9 Å². The summed E-state index contributed by atoms with van der Waals surface area (Å²) in [6.45, 7) is 3.21. The number of thiophene rings is 1. The summed E-state index contributed by atoms with van der Waals surface area (Å²) in [7, 11) is 0. The first-order valence-corrected chi connectivity index (χ1v) is 6.58. The molecule has 3 unspecified atom stereocenters. The van der Waals surface area contributed by atoms with E-state index >= 15 is 0 Å². The van der Waals surface area contributed by atoms with Gasteiger partial charge in [-0.05, 0) is 31.5 Å². The summed E-state index contributed by atoms with van der Waals surface area (Å²) in [5.74, 6) is 0.404. The van der Waals surface area contributed by atoms with E-state index in [1.165, 1.54) is 11.3 Å². The Morgan fingerprint density at radius 3 is 3.07 bits per heavy atom. The maximum Gasteiger partial charge on any atom is 0.104 e. The molecule has 0 radical (unpaired) electrons. The Labute approximate surface area is 98.5 Å². The van der Waals surface area contributed by atoms with Crippen LogP contribution in [0.15, 0.2) is 12.1 Å². The lowest BCUT2D eigenvalue weighted by atomic mass is 9.81. The smallest absolute Gasteiger partial charge is 0.104 e. The number of rotatable bonds is 1. The zero-order valence-corrected chi connectivity index (χ0v) is 10.0. The molecule has 3 atom stereocenters. The van der Waals surface area contributed by atoms with E-state index in [1.54, 1.807) is 0 Å². The van der Waals surface area contributed by atoms with Crippen molar-refractivity contribution in [1.82, 2.24) is 4.90 Å². The van der Waals surface area contributed by atoms with Crippen LogP contribution in [0.3, 0.4) is 0 Å². The highest BCUT2D eigenvalue weighted by molar-refractivity contribution is 7.16. The van der Waals surface area contributed by atoms with Crippen molar-refractivity contribution in [2.45, 2.75) is 18.4 Å². The Hall–Kier alpha value is -0.0900. The summed E-state index contributed by atoms with van der Waals surface area (Å²) in [6, 6.07) is 3.88. The monoisotopic (exact) mass is 243 g/mol. The summed E-state index contributed by atoms with van der Waals surface area (Å²) in [4.78, 5) is 3.49. The van der Waals surface area contributed by atoms with Crippen molar-refractivity contribution in [2.24, 2.45) is 5.92 Å². The average Bonchev–Trinajstić information content (AvgIpc) is 2.81. The van der Waals surface area contributed by atoms with Crippen molar-refractivity contribution >= 4 is 22.9 Å². The summed E-state index contributed by atoms with van der Waals surface area (Å²) >= 11 is 7.47. The largest absolute Gasteiger partial charge is 0.384 e. The SMILES string of the molecule is OC1(c2ccc(Cl)s2)CCN2CCC1C2. The lowest BCUT2D eigenvalue weighted by molar-refractivity contribution is -0.0471. The Balaban J connectivity index is 1.95. The summed E-state index contributed by atoms with van der Waals surface area (Å²) in [5, 5.41) is 10.8. The van der Waals surface area contributed by atoms with Crippen molar-refractivity contribution in [3.8, 4) is 0 Å². The van der Waals surface area contributed by atoms with Gasteiger partial charge in [-0.2, -0.15) is 0 Å². The molecule has 1 aromatic heterocycles. The summed E-state index contributed by atoms with van der Waals surface area (Å²) in [5.41, 5.74) is -0.606. The molecule has 3 rings (SSSR count). The molecule has 2 aliphatic rings. The van der Waals surface area contributed by atoms with Gasteiger partial charge < -0.3 is 10.0 Å². The molecule has 0 aliphatic carbocycles. The van der Waals surface area contributed by atoms with Crippen LogP contribution in [-0.4, -0.2) is 29.6 Å². The molecular formula is C11H14ClNOS. The van der Waals surface area contributed by atoms with E-state index in [2.05, 4.69) is 4.90 Å². The van der Waals surface area contributed by atoms with Gasteiger partial charge in [0.05, 0.1) is 4.34 Å². The van der Waals surface area contributed by atoms with Crippen LogP contribution < -0.4 is 0 Å². The van der Waals surface area contributed by atoms with Gasteiger partial charge in [0.1, 0.15) is 5.60 Å². The molecule has 0 saturated carbocycles. The van der Waals surface area contributed by atoms with Crippen LogP contribution in [0.2, 0.25) is 4.34 Å². The van der Waals surface area contributed by atoms with Crippen LogP contribution in [0.4, 0.5) is 0 Å². The highest BCUT2D eigenvalue weighted by Gasteiger charge is 2.46. The minimum absolute atomic E-state index is 0.404. The number of piperidine rings is 1. The molecule has 1 aromatic rings. The number of hydrogen-bond acceptors (Lipinski definition) is 3. The first-order valence-electron chi connectivity index (χ1n) is 5.39. The van der Waals surface area contributed by atoms with Gasteiger partial charge >= 0.3 is 0 Å². The fraction of sp³-hybridized carbons (Fsp3) is 0.636. The van der Waals surface area contributed by atoms with Gasteiger partial charge in [-0.1, -0.05) is 11.6 Å². The average molecular weight is 244 g/mol. The molecular weight excluding hydrogens is 230 g/mol. The zero-order chi connectivity index (χ0) is 10.5. The molecule has 3 heterocycles. The topological polar surface area (TPSA) is 23.5 Å². The Morgan fingerprint density at radius 2 is 2.33 bits per heavy atom. The normalized spacial score (nSPS) is 39.6. The summed E-state index contributed by atoms with van der Waals surface area (Å²) in [6.07, 6.45) is 1.97. The first kappa shape index (κ1) is 10.1. The van der Waals surface area contributed by atoms with Gasteiger partial charge in [0.25, 0.3) is 0 Å². The molecule has 4 heteroatoms. The molecule has 2 bridgehead atoms. The van der Waals surface area contributed by atoms with Gasteiger partial charge in [0, 0.05) is 23.9 Å². The third-order valence-corrected chi connectivity index (χ3v) is 5.15. The van der Waals surface area contributed by atoms with Crippen LogP contribution in [0, 0.1) is 5.92 Å². The highest BCUT2D eigenvalue weighted by Crippen LogP contribution is 2.45. The Kier molecular flexibility index (Phi) is 2.32. The van der Waals surface area contributed by atoms with E-state index in [0.717, 1.165) is 41.7 Å². The quantitative estimate of drug-likeness (QED) is 0.818. The van der Waals surface area contributed by atoms with E-state index < -0.39 is 5.60 Å². The molecule has 0 spiro atoms. The molecule has 0 amide bonds. The fourth-order valence-electron chi connectivity index (χ4n) is 2.83.